The van der Waals surface area contributed by atoms with E-state index in [1.165, 1.54) is 33.5 Å². The third-order valence-electron chi connectivity index (χ3n) is 6.84. The van der Waals surface area contributed by atoms with Crippen molar-refractivity contribution in [3.05, 3.63) is 47.8 Å². The van der Waals surface area contributed by atoms with Gasteiger partial charge in [0.1, 0.15) is 5.82 Å². The summed E-state index contributed by atoms with van der Waals surface area (Å²) in [4.78, 5) is 28.0. The predicted molar refractivity (Wildman–Crippen MR) is 130 cm³/mol. The van der Waals surface area contributed by atoms with Crippen LogP contribution in [0.2, 0.25) is 0 Å². The number of rotatable bonds is 8. The highest BCUT2D eigenvalue weighted by molar-refractivity contribution is 5.96. The summed E-state index contributed by atoms with van der Waals surface area (Å²) < 4.78 is 29.2. The standard InChI is InChI=1S/C26H32FN3O5/c1-33-22-11-16(12-23(34-2)25(22)35-3)26(32)29-19-13-20-5-4-6-21(14-19)30(20)15-24(31)28-18-9-7-17(27)8-10-18/h7-12,19-21H,4-6,13-15H2,1-3H3,(H,28,31)(H,29,32)/t19?,20-,21+. The molecule has 0 aromatic heterocycles. The van der Waals surface area contributed by atoms with Crippen LogP contribution in [0.15, 0.2) is 36.4 Å². The van der Waals surface area contributed by atoms with E-state index in [9.17, 15) is 14.0 Å². The smallest absolute Gasteiger partial charge is 0.251 e. The monoisotopic (exact) mass is 485 g/mol. The lowest BCUT2D eigenvalue weighted by Crippen LogP contribution is -2.58. The Balaban J connectivity index is 1.39. The van der Waals surface area contributed by atoms with E-state index in [1.807, 2.05) is 0 Å². The lowest BCUT2D eigenvalue weighted by Gasteiger charge is -2.48. The van der Waals surface area contributed by atoms with Crippen molar-refractivity contribution in [3.8, 4) is 17.2 Å². The molecule has 2 saturated heterocycles. The summed E-state index contributed by atoms with van der Waals surface area (Å²) >= 11 is 0. The summed E-state index contributed by atoms with van der Waals surface area (Å²) in [7, 11) is 4.55. The Morgan fingerprint density at radius 2 is 1.57 bits per heavy atom. The molecule has 2 aliphatic heterocycles. The van der Waals surface area contributed by atoms with E-state index in [0.29, 0.717) is 28.5 Å². The molecular formula is C26H32FN3O5. The summed E-state index contributed by atoms with van der Waals surface area (Å²) in [5.41, 5.74) is 1.01. The summed E-state index contributed by atoms with van der Waals surface area (Å²) in [5.74, 6) is 0.636. The van der Waals surface area contributed by atoms with Gasteiger partial charge >= 0.3 is 0 Å². The molecule has 1 unspecified atom stereocenters. The zero-order valence-corrected chi connectivity index (χ0v) is 20.3. The number of methoxy groups -OCH3 is 3. The van der Waals surface area contributed by atoms with Gasteiger partial charge in [-0.3, -0.25) is 14.5 Å². The van der Waals surface area contributed by atoms with Crippen molar-refractivity contribution in [2.45, 2.75) is 50.2 Å². The SMILES string of the molecule is COc1cc(C(=O)NC2C[C@H]3CCC[C@@H](C2)N3CC(=O)Nc2ccc(F)cc2)cc(OC)c1OC. The van der Waals surface area contributed by atoms with E-state index in [2.05, 4.69) is 15.5 Å². The van der Waals surface area contributed by atoms with Crippen LogP contribution < -0.4 is 24.8 Å². The average Bonchev–Trinajstić information content (AvgIpc) is 2.84. The minimum absolute atomic E-state index is 0.00769. The van der Waals surface area contributed by atoms with Crippen molar-refractivity contribution in [2.75, 3.05) is 33.2 Å². The van der Waals surface area contributed by atoms with Gasteiger partial charge in [0.05, 0.1) is 27.9 Å². The normalized spacial score (nSPS) is 21.7. The van der Waals surface area contributed by atoms with E-state index < -0.39 is 0 Å². The molecule has 2 amide bonds. The molecule has 0 radical (unpaired) electrons. The fourth-order valence-corrected chi connectivity index (χ4v) is 5.23. The molecule has 35 heavy (non-hydrogen) atoms. The van der Waals surface area contributed by atoms with E-state index in [0.717, 1.165) is 32.1 Å². The van der Waals surface area contributed by atoms with Gasteiger partial charge in [-0.05, 0) is 62.1 Å². The Kier molecular flexibility index (Phi) is 7.75. The van der Waals surface area contributed by atoms with Crippen LogP contribution in [-0.4, -0.2) is 62.7 Å². The van der Waals surface area contributed by atoms with Crippen molar-refractivity contribution in [2.24, 2.45) is 0 Å². The molecule has 4 rings (SSSR count). The molecule has 2 bridgehead atoms. The van der Waals surface area contributed by atoms with E-state index in [4.69, 9.17) is 14.2 Å². The number of ether oxygens (including phenoxy) is 3. The molecule has 3 atom stereocenters. The first-order valence-electron chi connectivity index (χ1n) is 11.8. The quantitative estimate of drug-likeness (QED) is 0.594. The van der Waals surface area contributed by atoms with E-state index in [1.54, 1.807) is 24.3 Å². The molecule has 2 aromatic rings. The Bertz CT molecular complexity index is 1020. The van der Waals surface area contributed by atoms with Crippen LogP contribution in [0.3, 0.4) is 0 Å². The van der Waals surface area contributed by atoms with Crippen LogP contribution in [0.1, 0.15) is 42.5 Å². The number of fused-ring (bicyclic) bond motifs is 2. The van der Waals surface area contributed by atoms with Crippen molar-refractivity contribution < 1.29 is 28.2 Å². The van der Waals surface area contributed by atoms with Crippen LogP contribution in [0.4, 0.5) is 10.1 Å². The molecule has 2 heterocycles. The third kappa shape index (κ3) is 5.67. The number of carbonyl (C=O) groups is 2. The molecule has 2 fully saturated rings. The fourth-order valence-electron chi connectivity index (χ4n) is 5.23. The summed E-state index contributed by atoms with van der Waals surface area (Å²) in [6.07, 6.45) is 4.62. The molecule has 2 aromatic carbocycles. The summed E-state index contributed by atoms with van der Waals surface area (Å²) in [5, 5.41) is 6.02. The molecule has 2 aliphatic rings. The number of carbonyl (C=O) groups excluding carboxylic acids is 2. The number of amides is 2. The number of nitrogens with zero attached hydrogens (tertiary/aromatic N) is 1. The predicted octanol–water partition coefficient (Wildman–Crippen LogP) is 3.61. The Morgan fingerprint density at radius 1 is 0.971 bits per heavy atom. The maximum atomic E-state index is 13.1. The second-order valence-electron chi connectivity index (χ2n) is 9.02. The molecular weight excluding hydrogens is 453 g/mol. The highest BCUT2D eigenvalue weighted by Gasteiger charge is 2.39. The maximum Gasteiger partial charge on any atom is 0.251 e. The molecule has 0 spiro atoms. The van der Waals surface area contributed by atoms with Crippen LogP contribution in [0, 0.1) is 5.82 Å². The van der Waals surface area contributed by atoms with Gasteiger partial charge in [-0.25, -0.2) is 4.39 Å². The Labute approximate surface area is 204 Å². The minimum atomic E-state index is -0.340. The number of anilines is 1. The fraction of sp³-hybridized carbons (Fsp3) is 0.462. The van der Waals surface area contributed by atoms with Gasteiger partial charge in [0.2, 0.25) is 11.7 Å². The van der Waals surface area contributed by atoms with Gasteiger partial charge < -0.3 is 24.8 Å². The highest BCUT2D eigenvalue weighted by atomic mass is 19.1. The Hall–Kier alpha value is -3.33. The van der Waals surface area contributed by atoms with Crippen LogP contribution in [0.25, 0.3) is 0 Å². The average molecular weight is 486 g/mol. The lowest BCUT2D eigenvalue weighted by molar-refractivity contribution is -0.120. The number of benzene rings is 2. The summed E-state index contributed by atoms with van der Waals surface area (Å²) in [6.45, 7) is 0.278. The van der Waals surface area contributed by atoms with Crippen molar-refractivity contribution in [1.29, 1.82) is 0 Å². The van der Waals surface area contributed by atoms with Crippen molar-refractivity contribution in [3.63, 3.8) is 0 Å². The molecule has 0 aliphatic carbocycles. The van der Waals surface area contributed by atoms with Crippen LogP contribution in [0.5, 0.6) is 17.2 Å². The van der Waals surface area contributed by atoms with Gasteiger partial charge in [-0.2, -0.15) is 0 Å². The first-order chi connectivity index (χ1) is 16.9. The second-order valence-corrected chi connectivity index (χ2v) is 9.02. The number of piperidine rings is 2. The van der Waals surface area contributed by atoms with Gasteiger partial charge in [-0.1, -0.05) is 6.42 Å². The summed E-state index contributed by atoms with van der Waals surface area (Å²) in [6, 6.07) is 9.49. The minimum Gasteiger partial charge on any atom is -0.493 e. The van der Waals surface area contributed by atoms with Crippen molar-refractivity contribution in [1.82, 2.24) is 10.2 Å². The van der Waals surface area contributed by atoms with Crippen molar-refractivity contribution >= 4 is 17.5 Å². The number of hydrogen-bond acceptors (Lipinski definition) is 6. The molecule has 0 saturated carbocycles. The number of nitrogens with one attached hydrogen (secondary N) is 2. The zero-order chi connectivity index (χ0) is 24.9. The Morgan fingerprint density at radius 3 is 2.11 bits per heavy atom. The first kappa shape index (κ1) is 24.8. The molecule has 8 nitrogen and oxygen atoms in total. The van der Waals surface area contributed by atoms with E-state index >= 15 is 0 Å². The van der Waals surface area contributed by atoms with Gasteiger partial charge in [0.25, 0.3) is 5.91 Å². The number of halogens is 1. The number of hydrogen-bond donors (Lipinski definition) is 2. The first-order valence-corrected chi connectivity index (χ1v) is 11.8. The lowest BCUT2D eigenvalue weighted by atomic mass is 9.81. The second kappa shape index (κ2) is 10.9. The molecule has 188 valence electrons. The van der Waals surface area contributed by atoms with Gasteiger partial charge in [-0.15, -0.1) is 0 Å². The topological polar surface area (TPSA) is 89.1 Å². The van der Waals surface area contributed by atoms with Crippen LogP contribution in [-0.2, 0) is 4.79 Å². The zero-order valence-electron chi connectivity index (χ0n) is 20.3. The maximum absolute atomic E-state index is 13.1. The highest BCUT2D eigenvalue weighted by Crippen LogP contribution is 2.38. The largest absolute Gasteiger partial charge is 0.493 e. The molecule has 9 heteroatoms. The van der Waals surface area contributed by atoms with Gasteiger partial charge in [0.15, 0.2) is 11.5 Å². The van der Waals surface area contributed by atoms with Crippen LogP contribution >= 0.6 is 0 Å². The van der Waals surface area contributed by atoms with E-state index in [-0.39, 0.29) is 42.3 Å². The van der Waals surface area contributed by atoms with Gasteiger partial charge in [0, 0.05) is 29.4 Å². The molecule has 2 N–H and O–H groups in total. The third-order valence-corrected chi connectivity index (χ3v) is 6.84.